The van der Waals surface area contributed by atoms with Gasteiger partial charge in [-0.2, -0.15) is 0 Å². The number of aromatic amines is 1. The van der Waals surface area contributed by atoms with Crippen LogP contribution in [0.5, 0.6) is 5.75 Å². The van der Waals surface area contributed by atoms with E-state index in [0.29, 0.717) is 27.4 Å². The monoisotopic (exact) mass is 407 g/mol. The van der Waals surface area contributed by atoms with Crippen molar-refractivity contribution in [1.82, 2.24) is 19.6 Å². The van der Waals surface area contributed by atoms with Crippen LogP contribution < -0.4 is 15.6 Å². The average Bonchev–Trinajstić information content (AvgIpc) is 3.02. The average molecular weight is 408 g/mol. The van der Waals surface area contributed by atoms with Gasteiger partial charge in [0.25, 0.3) is 5.56 Å². The normalized spacial score (nSPS) is 11.1. The lowest BCUT2D eigenvalue weighted by atomic mass is 10.1. The molecule has 142 valence electrons. The summed E-state index contributed by atoms with van der Waals surface area (Å²) >= 11 is 7.20. The summed E-state index contributed by atoms with van der Waals surface area (Å²) in [6.07, 6.45) is 0. The Balaban J connectivity index is 1.78. The van der Waals surface area contributed by atoms with Crippen molar-refractivity contribution in [2.45, 2.75) is 24.9 Å². The molecule has 27 heavy (non-hydrogen) atoms. The Kier molecular flexibility index (Phi) is 5.71. The molecule has 0 aliphatic heterocycles. The van der Waals surface area contributed by atoms with Crippen LogP contribution in [0.3, 0.4) is 0 Å². The standard InChI is InChI=1S/C17H18ClN5O3S/c1-9(2)12-7-14(24)20-16-21-22-17(23(12)16)27-8-15(25)19-11-6-10(18)4-5-13(11)26-3/h4-7,9H,8H2,1-3H3,(H,19,25)(H,20,21,24). The predicted octanol–water partition coefficient (Wildman–Crippen LogP) is 2.93. The summed E-state index contributed by atoms with van der Waals surface area (Å²) in [6, 6.07) is 6.50. The number of carbonyl (C=O) groups is 1. The van der Waals surface area contributed by atoms with E-state index in [1.165, 1.54) is 24.9 Å². The molecule has 0 radical (unpaired) electrons. The molecule has 0 bridgehead atoms. The molecule has 0 saturated heterocycles. The van der Waals surface area contributed by atoms with Crippen LogP contribution in [0.2, 0.25) is 5.02 Å². The van der Waals surface area contributed by atoms with E-state index in [9.17, 15) is 9.59 Å². The van der Waals surface area contributed by atoms with E-state index in [2.05, 4.69) is 20.5 Å². The second kappa shape index (κ2) is 8.01. The summed E-state index contributed by atoms with van der Waals surface area (Å²) in [5, 5.41) is 11.9. The molecule has 8 nitrogen and oxygen atoms in total. The molecular weight excluding hydrogens is 390 g/mol. The van der Waals surface area contributed by atoms with E-state index in [4.69, 9.17) is 16.3 Å². The summed E-state index contributed by atoms with van der Waals surface area (Å²) in [7, 11) is 1.52. The Bertz CT molecular complexity index is 1050. The first-order valence-electron chi connectivity index (χ1n) is 8.13. The number of rotatable bonds is 6. The van der Waals surface area contributed by atoms with Gasteiger partial charge in [0.1, 0.15) is 5.75 Å². The number of hydrogen-bond acceptors (Lipinski definition) is 6. The summed E-state index contributed by atoms with van der Waals surface area (Å²) < 4.78 is 6.98. The molecule has 2 heterocycles. The van der Waals surface area contributed by atoms with Gasteiger partial charge in [0, 0.05) is 16.8 Å². The zero-order valence-electron chi connectivity index (χ0n) is 14.9. The second-order valence-electron chi connectivity index (χ2n) is 6.04. The van der Waals surface area contributed by atoms with Crippen molar-refractivity contribution in [3.8, 4) is 5.75 Å². The Hall–Kier alpha value is -2.52. The summed E-state index contributed by atoms with van der Waals surface area (Å²) in [4.78, 5) is 26.7. The van der Waals surface area contributed by atoms with Gasteiger partial charge in [0.05, 0.1) is 18.6 Å². The number of ether oxygens (including phenoxy) is 1. The number of thioether (sulfide) groups is 1. The fraction of sp³-hybridized carbons (Fsp3) is 0.294. The number of benzene rings is 1. The highest BCUT2D eigenvalue weighted by Crippen LogP contribution is 2.28. The number of anilines is 1. The van der Waals surface area contributed by atoms with Gasteiger partial charge in [-0.1, -0.05) is 37.2 Å². The van der Waals surface area contributed by atoms with Crippen LogP contribution in [0.15, 0.2) is 34.2 Å². The molecule has 2 aromatic heterocycles. The maximum Gasteiger partial charge on any atom is 0.252 e. The molecule has 0 aliphatic carbocycles. The Morgan fingerprint density at radius 2 is 2.15 bits per heavy atom. The number of fused-ring (bicyclic) bond motifs is 1. The molecule has 1 amide bonds. The highest BCUT2D eigenvalue weighted by atomic mass is 35.5. The van der Waals surface area contributed by atoms with E-state index in [-0.39, 0.29) is 23.1 Å². The highest BCUT2D eigenvalue weighted by Gasteiger charge is 2.16. The SMILES string of the molecule is COc1ccc(Cl)cc1NC(=O)CSc1nnc2[nH]c(=O)cc(C(C)C)n12. The van der Waals surface area contributed by atoms with Gasteiger partial charge < -0.3 is 10.1 Å². The molecule has 10 heteroatoms. The summed E-state index contributed by atoms with van der Waals surface area (Å²) in [5.74, 6) is 0.825. The summed E-state index contributed by atoms with van der Waals surface area (Å²) in [6.45, 7) is 3.95. The van der Waals surface area contributed by atoms with Crippen LogP contribution in [0, 0.1) is 0 Å². The minimum Gasteiger partial charge on any atom is -0.495 e. The van der Waals surface area contributed by atoms with E-state index >= 15 is 0 Å². The quantitative estimate of drug-likeness (QED) is 0.609. The van der Waals surface area contributed by atoms with E-state index in [0.717, 1.165) is 5.69 Å². The minimum absolute atomic E-state index is 0.0923. The highest BCUT2D eigenvalue weighted by molar-refractivity contribution is 7.99. The van der Waals surface area contributed by atoms with Crippen molar-refractivity contribution in [3.63, 3.8) is 0 Å². The van der Waals surface area contributed by atoms with Crippen LogP contribution in [0.25, 0.3) is 5.78 Å². The fourth-order valence-corrected chi connectivity index (χ4v) is 3.47. The molecule has 0 spiro atoms. The molecule has 2 N–H and O–H groups in total. The summed E-state index contributed by atoms with van der Waals surface area (Å²) in [5.41, 5.74) is 1.04. The molecule has 0 saturated carbocycles. The lowest BCUT2D eigenvalue weighted by Crippen LogP contribution is -2.16. The van der Waals surface area contributed by atoms with Crippen molar-refractivity contribution >= 4 is 40.7 Å². The number of nitrogens with zero attached hydrogens (tertiary/aromatic N) is 3. The molecule has 1 aromatic carbocycles. The molecular formula is C17H18ClN5O3S. The smallest absolute Gasteiger partial charge is 0.252 e. The van der Waals surface area contributed by atoms with Crippen LogP contribution in [-0.4, -0.2) is 38.4 Å². The number of hydrogen-bond donors (Lipinski definition) is 2. The van der Waals surface area contributed by atoms with Gasteiger partial charge >= 0.3 is 0 Å². The van der Waals surface area contributed by atoms with E-state index in [1.807, 2.05) is 13.8 Å². The maximum absolute atomic E-state index is 12.4. The van der Waals surface area contributed by atoms with Gasteiger partial charge in [-0.15, -0.1) is 10.2 Å². The van der Waals surface area contributed by atoms with Crippen LogP contribution in [0.1, 0.15) is 25.5 Å². The van der Waals surface area contributed by atoms with Gasteiger partial charge in [-0.05, 0) is 24.1 Å². The Labute approximate surface area is 164 Å². The number of carbonyl (C=O) groups excluding carboxylic acids is 1. The van der Waals surface area contributed by atoms with Crippen LogP contribution in [-0.2, 0) is 4.79 Å². The van der Waals surface area contributed by atoms with Crippen LogP contribution in [0.4, 0.5) is 5.69 Å². The first-order valence-corrected chi connectivity index (χ1v) is 9.50. The second-order valence-corrected chi connectivity index (χ2v) is 7.42. The third-order valence-corrected chi connectivity index (χ3v) is 4.93. The van der Waals surface area contributed by atoms with Crippen molar-refractivity contribution < 1.29 is 9.53 Å². The minimum atomic E-state index is -0.243. The largest absolute Gasteiger partial charge is 0.495 e. The zero-order valence-corrected chi connectivity index (χ0v) is 16.5. The van der Waals surface area contributed by atoms with Crippen molar-refractivity contribution in [1.29, 1.82) is 0 Å². The Morgan fingerprint density at radius 3 is 2.85 bits per heavy atom. The number of methoxy groups -OCH3 is 1. The molecule has 3 rings (SSSR count). The molecule has 0 atom stereocenters. The van der Waals surface area contributed by atoms with E-state index in [1.54, 1.807) is 22.6 Å². The first kappa shape index (κ1) is 19.2. The first-order chi connectivity index (χ1) is 12.9. The lowest BCUT2D eigenvalue weighted by Gasteiger charge is -2.11. The predicted molar refractivity (Wildman–Crippen MR) is 105 cm³/mol. The van der Waals surface area contributed by atoms with Gasteiger partial charge in [0.2, 0.25) is 11.7 Å². The fourth-order valence-electron chi connectivity index (χ4n) is 2.54. The number of amides is 1. The molecule has 3 aromatic rings. The number of H-pyrrole nitrogens is 1. The maximum atomic E-state index is 12.4. The molecule has 0 fully saturated rings. The lowest BCUT2D eigenvalue weighted by molar-refractivity contribution is -0.113. The molecule has 0 aliphatic rings. The molecule has 0 unspecified atom stereocenters. The number of halogens is 1. The topological polar surface area (TPSA) is 101 Å². The van der Waals surface area contributed by atoms with Crippen molar-refractivity contribution in [2.24, 2.45) is 0 Å². The van der Waals surface area contributed by atoms with Gasteiger partial charge in [-0.25, -0.2) is 0 Å². The number of nitrogens with one attached hydrogen (secondary N) is 2. The van der Waals surface area contributed by atoms with Crippen LogP contribution >= 0.6 is 23.4 Å². The van der Waals surface area contributed by atoms with Crippen molar-refractivity contribution in [2.75, 3.05) is 18.2 Å². The third-order valence-electron chi connectivity index (χ3n) is 3.77. The van der Waals surface area contributed by atoms with Gasteiger partial charge in [0.15, 0.2) is 5.16 Å². The van der Waals surface area contributed by atoms with Gasteiger partial charge in [-0.3, -0.25) is 19.0 Å². The zero-order chi connectivity index (χ0) is 19.6. The van der Waals surface area contributed by atoms with Crippen molar-refractivity contribution in [3.05, 3.63) is 45.3 Å². The van der Waals surface area contributed by atoms with E-state index < -0.39 is 0 Å². The third kappa shape index (κ3) is 4.25. The number of aromatic nitrogens is 4. The Morgan fingerprint density at radius 1 is 1.37 bits per heavy atom.